The molecule has 0 aliphatic rings. The first kappa shape index (κ1) is 13.1. The second kappa shape index (κ2) is 5.97. The van der Waals surface area contributed by atoms with Crippen molar-refractivity contribution in [2.45, 2.75) is 6.42 Å². The van der Waals surface area contributed by atoms with E-state index in [1.165, 1.54) is 12.1 Å². The highest BCUT2D eigenvalue weighted by atomic mass is 32.2. The van der Waals surface area contributed by atoms with Crippen LogP contribution in [-0.2, 0) is 21.2 Å². The quantitative estimate of drug-likeness (QED) is 0.556. The molecule has 7 heteroatoms. The van der Waals surface area contributed by atoms with Gasteiger partial charge in [0.05, 0.1) is 5.75 Å². The highest BCUT2D eigenvalue weighted by Gasteiger charge is 2.11. The minimum Gasteiger partial charge on any atom is -0.772 e. The summed E-state index contributed by atoms with van der Waals surface area (Å²) < 4.78 is 47.9. The van der Waals surface area contributed by atoms with Gasteiger partial charge < -0.3 is 8.74 Å². The van der Waals surface area contributed by atoms with Gasteiger partial charge in [0.15, 0.2) is 0 Å². The summed E-state index contributed by atoms with van der Waals surface area (Å²) in [6, 6.07) is 8.07. The lowest BCUT2D eigenvalue weighted by atomic mass is 10.3. The van der Waals surface area contributed by atoms with Crippen molar-refractivity contribution in [3.05, 3.63) is 30.3 Å². The van der Waals surface area contributed by atoms with Crippen LogP contribution in [0.25, 0.3) is 0 Å². The molecule has 0 heterocycles. The van der Waals surface area contributed by atoms with Crippen LogP contribution in [0.5, 0.6) is 5.75 Å². The average molecular weight is 263 g/mol. The first-order chi connectivity index (χ1) is 7.49. The Labute approximate surface area is 96.9 Å². The molecule has 1 aromatic carbocycles. The van der Waals surface area contributed by atoms with Gasteiger partial charge in [-0.2, -0.15) is 8.42 Å². The van der Waals surface area contributed by atoms with E-state index in [0.29, 0.717) is 0 Å². The second-order valence-electron chi connectivity index (χ2n) is 3.02. The van der Waals surface area contributed by atoms with Crippen LogP contribution < -0.4 is 4.18 Å². The normalized spacial score (nSPS) is 13.3. The Balaban J connectivity index is 2.49. The average Bonchev–Trinajstić information content (AvgIpc) is 2.17. The molecule has 0 aliphatic heterocycles. The van der Waals surface area contributed by atoms with Gasteiger partial charge in [-0.3, -0.25) is 4.21 Å². The third kappa shape index (κ3) is 5.24. The summed E-state index contributed by atoms with van der Waals surface area (Å²) in [5.41, 5.74) is 0. The van der Waals surface area contributed by atoms with Crippen molar-refractivity contribution in [1.82, 2.24) is 0 Å². The highest BCUT2D eigenvalue weighted by molar-refractivity contribution is 7.87. The molecule has 0 aromatic heterocycles. The van der Waals surface area contributed by atoms with Crippen molar-refractivity contribution in [1.29, 1.82) is 0 Å². The first-order valence-electron chi connectivity index (χ1n) is 4.53. The van der Waals surface area contributed by atoms with E-state index in [0.717, 1.165) is 0 Å². The SMILES string of the molecule is O=S([O-])CCCS(=O)(=O)Oc1ccccc1. The van der Waals surface area contributed by atoms with E-state index in [2.05, 4.69) is 0 Å². The lowest BCUT2D eigenvalue weighted by Gasteiger charge is -2.07. The molecule has 5 nitrogen and oxygen atoms in total. The fourth-order valence-electron chi connectivity index (χ4n) is 1.02. The maximum Gasteiger partial charge on any atom is 0.309 e. The molecule has 1 rings (SSSR count). The van der Waals surface area contributed by atoms with Gasteiger partial charge in [0.1, 0.15) is 5.75 Å². The van der Waals surface area contributed by atoms with Gasteiger partial charge in [-0.15, -0.1) is 0 Å². The van der Waals surface area contributed by atoms with Crippen LogP contribution >= 0.6 is 0 Å². The monoisotopic (exact) mass is 263 g/mol. The number of para-hydroxylation sites is 1. The summed E-state index contributed by atoms with van der Waals surface area (Å²) in [7, 11) is -3.70. The Morgan fingerprint density at radius 3 is 2.44 bits per heavy atom. The molecular formula is C9H11O5S2-. The molecule has 0 radical (unpaired) electrons. The molecule has 1 aromatic rings. The molecule has 90 valence electrons. The molecule has 0 bridgehead atoms. The smallest absolute Gasteiger partial charge is 0.309 e. The van der Waals surface area contributed by atoms with Gasteiger partial charge in [-0.05, 0) is 18.6 Å². The van der Waals surface area contributed by atoms with Crippen LogP contribution in [0.15, 0.2) is 30.3 Å². The minimum absolute atomic E-state index is 0.0330. The Bertz CT molecular complexity index is 440. The predicted molar refractivity (Wildman–Crippen MR) is 59.3 cm³/mol. The van der Waals surface area contributed by atoms with Crippen molar-refractivity contribution in [3.8, 4) is 5.75 Å². The molecule has 0 amide bonds. The summed E-state index contributed by atoms with van der Waals surface area (Å²) in [4.78, 5) is 0. The second-order valence-corrected chi connectivity index (χ2v) is 5.73. The standard InChI is InChI=1S/C9H12O5S2/c10-15(11)7-4-8-16(12,13)14-9-5-2-1-3-6-9/h1-3,5-6H,4,7-8H2,(H,10,11)/p-1. The molecule has 0 saturated carbocycles. The Morgan fingerprint density at radius 2 is 1.88 bits per heavy atom. The van der Waals surface area contributed by atoms with E-state index in [4.69, 9.17) is 4.18 Å². The van der Waals surface area contributed by atoms with Gasteiger partial charge in [-0.1, -0.05) is 29.3 Å². The van der Waals surface area contributed by atoms with Crippen molar-refractivity contribution in [2.75, 3.05) is 11.5 Å². The number of hydrogen-bond acceptors (Lipinski definition) is 5. The van der Waals surface area contributed by atoms with Crippen molar-refractivity contribution in [3.63, 3.8) is 0 Å². The number of rotatable bonds is 6. The number of hydrogen-bond donors (Lipinski definition) is 0. The molecule has 1 unspecified atom stereocenters. The summed E-state index contributed by atoms with van der Waals surface area (Å²) in [6.45, 7) is 0. The van der Waals surface area contributed by atoms with Crippen molar-refractivity contribution in [2.24, 2.45) is 0 Å². The zero-order chi connectivity index (χ0) is 12.0. The molecule has 0 aliphatic carbocycles. The molecule has 0 spiro atoms. The lowest BCUT2D eigenvalue weighted by Crippen LogP contribution is -2.15. The molecule has 0 N–H and O–H groups in total. The van der Waals surface area contributed by atoms with Crippen LogP contribution in [0, 0.1) is 0 Å². The Morgan fingerprint density at radius 1 is 1.25 bits per heavy atom. The Kier molecular flexibility index (Phi) is 4.91. The largest absolute Gasteiger partial charge is 0.772 e. The highest BCUT2D eigenvalue weighted by Crippen LogP contribution is 2.12. The van der Waals surface area contributed by atoms with Crippen molar-refractivity contribution < 1.29 is 21.4 Å². The predicted octanol–water partition coefficient (Wildman–Crippen LogP) is 0.664. The van der Waals surface area contributed by atoms with E-state index in [9.17, 15) is 17.2 Å². The van der Waals surface area contributed by atoms with E-state index in [1.807, 2.05) is 0 Å². The van der Waals surface area contributed by atoms with E-state index in [-0.39, 0.29) is 23.7 Å². The topological polar surface area (TPSA) is 83.5 Å². The first-order valence-corrected chi connectivity index (χ1v) is 7.35. The Hall–Kier alpha value is -0.920. The maximum absolute atomic E-state index is 11.4. The molecule has 0 fully saturated rings. The lowest BCUT2D eigenvalue weighted by molar-refractivity contribution is 0.485. The van der Waals surface area contributed by atoms with Crippen LogP contribution in [0.2, 0.25) is 0 Å². The van der Waals surface area contributed by atoms with Gasteiger partial charge in [0, 0.05) is 5.75 Å². The van der Waals surface area contributed by atoms with E-state index < -0.39 is 21.2 Å². The van der Waals surface area contributed by atoms with Gasteiger partial charge in [0.2, 0.25) is 0 Å². The fraction of sp³-hybridized carbons (Fsp3) is 0.333. The minimum atomic E-state index is -3.70. The van der Waals surface area contributed by atoms with Crippen molar-refractivity contribution >= 4 is 21.2 Å². The van der Waals surface area contributed by atoms with Gasteiger partial charge >= 0.3 is 10.1 Å². The molecular weight excluding hydrogens is 252 g/mol. The van der Waals surface area contributed by atoms with E-state index in [1.54, 1.807) is 18.2 Å². The molecule has 0 saturated heterocycles. The van der Waals surface area contributed by atoms with Crippen LogP contribution in [-0.4, -0.2) is 28.7 Å². The van der Waals surface area contributed by atoms with Crippen LogP contribution in [0.3, 0.4) is 0 Å². The molecule has 1 atom stereocenters. The third-order valence-electron chi connectivity index (χ3n) is 1.67. The van der Waals surface area contributed by atoms with Gasteiger partial charge in [-0.25, -0.2) is 0 Å². The van der Waals surface area contributed by atoms with Gasteiger partial charge in [0.25, 0.3) is 0 Å². The van der Waals surface area contributed by atoms with Crippen LogP contribution in [0.4, 0.5) is 0 Å². The molecule has 16 heavy (non-hydrogen) atoms. The summed E-state index contributed by atoms with van der Waals surface area (Å²) in [5, 5.41) is 0. The van der Waals surface area contributed by atoms with E-state index >= 15 is 0 Å². The fourth-order valence-corrected chi connectivity index (χ4v) is 2.57. The number of benzene rings is 1. The zero-order valence-corrected chi connectivity index (χ0v) is 10.00. The third-order valence-corrected chi connectivity index (χ3v) is 3.53. The zero-order valence-electron chi connectivity index (χ0n) is 8.37. The van der Waals surface area contributed by atoms with Crippen LogP contribution in [0.1, 0.15) is 6.42 Å². The summed E-state index contributed by atoms with van der Waals surface area (Å²) >= 11 is -2.22. The summed E-state index contributed by atoms with van der Waals surface area (Å²) in [6.07, 6.45) is 0.0330. The summed E-state index contributed by atoms with van der Waals surface area (Å²) in [5.74, 6) is -0.265. The maximum atomic E-state index is 11.4.